The van der Waals surface area contributed by atoms with Crippen LogP contribution in [0.3, 0.4) is 0 Å². The number of hydrogen-bond donors (Lipinski definition) is 1. The van der Waals surface area contributed by atoms with Gasteiger partial charge in [-0.1, -0.05) is 19.9 Å². The highest BCUT2D eigenvalue weighted by Gasteiger charge is 2.31. The first-order chi connectivity index (χ1) is 14.8. The summed E-state index contributed by atoms with van der Waals surface area (Å²) < 4.78 is 41.1. The Morgan fingerprint density at radius 2 is 1.55 bits per heavy atom. The van der Waals surface area contributed by atoms with Gasteiger partial charge >= 0.3 is 0 Å². The lowest BCUT2D eigenvalue weighted by Crippen LogP contribution is -2.52. The third-order valence-electron chi connectivity index (χ3n) is 5.41. The van der Waals surface area contributed by atoms with E-state index >= 15 is 0 Å². The Balaban J connectivity index is 1.70. The van der Waals surface area contributed by atoms with E-state index in [0.717, 1.165) is 17.8 Å². The van der Waals surface area contributed by atoms with Gasteiger partial charge in [0.2, 0.25) is 5.91 Å². The first-order valence-electron chi connectivity index (χ1n) is 10.3. The van der Waals surface area contributed by atoms with Crippen LogP contribution in [0, 0.1) is 23.4 Å². The van der Waals surface area contributed by atoms with Gasteiger partial charge < -0.3 is 15.1 Å². The molecule has 0 saturated carbocycles. The minimum absolute atomic E-state index is 0.275. The predicted octanol–water partition coefficient (Wildman–Crippen LogP) is 3.60. The van der Waals surface area contributed by atoms with Crippen LogP contribution in [0.4, 0.5) is 18.9 Å². The molecule has 0 aromatic heterocycles. The van der Waals surface area contributed by atoms with Gasteiger partial charge in [0.15, 0.2) is 0 Å². The lowest BCUT2D eigenvalue weighted by atomic mass is 10.0. The van der Waals surface area contributed by atoms with Gasteiger partial charge in [-0.25, -0.2) is 13.2 Å². The number of benzene rings is 2. The highest BCUT2D eigenvalue weighted by Crippen LogP contribution is 2.19. The maximum atomic E-state index is 14.0. The summed E-state index contributed by atoms with van der Waals surface area (Å²) in [7, 11) is 0. The molecule has 0 aliphatic carbocycles. The van der Waals surface area contributed by atoms with Crippen molar-refractivity contribution in [3.05, 3.63) is 65.5 Å². The zero-order valence-electron chi connectivity index (χ0n) is 17.6. The van der Waals surface area contributed by atoms with Crippen LogP contribution < -0.4 is 10.2 Å². The SMILES string of the molecule is CC(C)C(NC(=O)c1c(F)cccc1F)C(=O)N1CCCN(c2ccc(F)cc2)CC1. The van der Waals surface area contributed by atoms with Crippen molar-refractivity contribution in [2.75, 3.05) is 31.1 Å². The highest BCUT2D eigenvalue weighted by atomic mass is 19.1. The molecule has 1 atom stereocenters. The second-order valence-electron chi connectivity index (χ2n) is 7.93. The molecule has 5 nitrogen and oxygen atoms in total. The molecule has 0 radical (unpaired) electrons. The van der Waals surface area contributed by atoms with Gasteiger partial charge in [-0.05, 0) is 48.7 Å². The Labute approximate surface area is 179 Å². The molecule has 1 N–H and O–H groups in total. The summed E-state index contributed by atoms with van der Waals surface area (Å²) in [6.45, 7) is 5.70. The fourth-order valence-electron chi connectivity index (χ4n) is 3.69. The van der Waals surface area contributed by atoms with E-state index in [-0.39, 0.29) is 17.6 Å². The zero-order valence-corrected chi connectivity index (χ0v) is 17.6. The van der Waals surface area contributed by atoms with Gasteiger partial charge in [-0.15, -0.1) is 0 Å². The second kappa shape index (κ2) is 9.85. The average molecular weight is 433 g/mol. The molecule has 1 aliphatic heterocycles. The van der Waals surface area contributed by atoms with Crippen LogP contribution in [0.1, 0.15) is 30.6 Å². The predicted molar refractivity (Wildman–Crippen MR) is 112 cm³/mol. The van der Waals surface area contributed by atoms with Gasteiger partial charge in [0.25, 0.3) is 5.91 Å². The van der Waals surface area contributed by atoms with Crippen molar-refractivity contribution in [1.29, 1.82) is 0 Å². The smallest absolute Gasteiger partial charge is 0.257 e. The first kappa shape index (κ1) is 22.7. The van der Waals surface area contributed by atoms with Crippen molar-refractivity contribution in [1.82, 2.24) is 10.2 Å². The normalized spacial score (nSPS) is 15.5. The zero-order chi connectivity index (χ0) is 22.5. The third kappa shape index (κ3) is 5.37. The standard InChI is InChI=1S/C23H26F3N3O2/c1-15(2)21(27-22(30)20-18(25)5-3-6-19(20)26)23(31)29-12-4-11-28(13-14-29)17-9-7-16(24)8-10-17/h3,5-10,15,21H,4,11-14H2,1-2H3,(H,27,30). The van der Waals surface area contributed by atoms with Crippen molar-refractivity contribution in [2.45, 2.75) is 26.3 Å². The highest BCUT2D eigenvalue weighted by molar-refractivity contribution is 5.98. The van der Waals surface area contributed by atoms with Crippen molar-refractivity contribution >= 4 is 17.5 Å². The molecule has 1 aliphatic rings. The lowest BCUT2D eigenvalue weighted by molar-refractivity contribution is -0.134. The van der Waals surface area contributed by atoms with Crippen LogP contribution in [0.25, 0.3) is 0 Å². The summed E-state index contributed by atoms with van der Waals surface area (Å²) in [6.07, 6.45) is 0.698. The topological polar surface area (TPSA) is 52.7 Å². The van der Waals surface area contributed by atoms with Crippen molar-refractivity contribution in [3.8, 4) is 0 Å². The van der Waals surface area contributed by atoms with E-state index in [0.29, 0.717) is 32.6 Å². The quantitative estimate of drug-likeness (QED) is 0.784. The minimum Gasteiger partial charge on any atom is -0.370 e. The maximum Gasteiger partial charge on any atom is 0.257 e. The summed E-state index contributed by atoms with van der Waals surface area (Å²) >= 11 is 0. The molecule has 0 spiro atoms. The van der Waals surface area contributed by atoms with Crippen LogP contribution in [0.15, 0.2) is 42.5 Å². The van der Waals surface area contributed by atoms with Gasteiger partial charge in [-0.2, -0.15) is 0 Å². The molecule has 1 unspecified atom stereocenters. The van der Waals surface area contributed by atoms with Crippen molar-refractivity contribution in [3.63, 3.8) is 0 Å². The number of hydrogen-bond acceptors (Lipinski definition) is 3. The van der Waals surface area contributed by atoms with Crippen LogP contribution in [-0.2, 0) is 4.79 Å². The van der Waals surface area contributed by atoms with E-state index in [9.17, 15) is 22.8 Å². The largest absolute Gasteiger partial charge is 0.370 e. The minimum atomic E-state index is -0.975. The lowest BCUT2D eigenvalue weighted by Gasteiger charge is -2.29. The Morgan fingerprint density at radius 1 is 0.903 bits per heavy atom. The third-order valence-corrected chi connectivity index (χ3v) is 5.41. The number of rotatable bonds is 5. The van der Waals surface area contributed by atoms with Gasteiger partial charge in [0.1, 0.15) is 29.1 Å². The molecule has 166 valence electrons. The number of amides is 2. The van der Waals surface area contributed by atoms with Gasteiger partial charge in [0.05, 0.1) is 0 Å². The molecule has 1 heterocycles. The van der Waals surface area contributed by atoms with Crippen molar-refractivity contribution in [2.24, 2.45) is 5.92 Å². The molecular weight excluding hydrogens is 407 g/mol. The molecule has 2 aromatic rings. The van der Waals surface area contributed by atoms with Crippen LogP contribution in [-0.4, -0.2) is 48.9 Å². The Bertz CT molecular complexity index is 914. The summed E-state index contributed by atoms with van der Waals surface area (Å²) in [6, 6.07) is 8.47. The fourth-order valence-corrected chi connectivity index (χ4v) is 3.69. The van der Waals surface area contributed by atoms with Gasteiger partial charge in [-0.3, -0.25) is 9.59 Å². The van der Waals surface area contributed by atoms with E-state index < -0.39 is 29.1 Å². The Hall–Kier alpha value is -3.03. The van der Waals surface area contributed by atoms with E-state index in [2.05, 4.69) is 10.2 Å². The molecular formula is C23H26F3N3O2. The molecule has 1 saturated heterocycles. The Morgan fingerprint density at radius 3 is 2.16 bits per heavy atom. The summed E-state index contributed by atoms with van der Waals surface area (Å²) in [4.78, 5) is 29.4. The number of halogens is 3. The van der Waals surface area contributed by atoms with Crippen LogP contribution in [0.5, 0.6) is 0 Å². The molecule has 31 heavy (non-hydrogen) atoms. The molecule has 0 bridgehead atoms. The molecule has 2 aromatic carbocycles. The number of carbonyl (C=O) groups is 2. The number of anilines is 1. The van der Waals surface area contributed by atoms with Crippen LogP contribution in [0.2, 0.25) is 0 Å². The average Bonchev–Trinajstić information content (AvgIpc) is 2.98. The second-order valence-corrected chi connectivity index (χ2v) is 7.93. The summed E-state index contributed by atoms with van der Waals surface area (Å²) in [5, 5.41) is 2.52. The monoisotopic (exact) mass is 433 g/mol. The molecule has 2 amide bonds. The maximum absolute atomic E-state index is 14.0. The van der Waals surface area contributed by atoms with E-state index in [1.165, 1.54) is 18.2 Å². The molecule has 1 fully saturated rings. The number of nitrogens with zero attached hydrogens (tertiary/aromatic N) is 2. The summed E-state index contributed by atoms with van der Waals surface area (Å²) in [5.41, 5.74) is 0.179. The van der Waals surface area contributed by atoms with E-state index in [1.54, 1.807) is 30.9 Å². The summed E-state index contributed by atoms with van der Waals surface area (Å²) in [5.74, 6) is -3.78. The van der Waals surface area contributed by atoms with Gasteiger partial charge in [0, 0.05) is 31.9 Å². The van der Waals surface area contributed by atoms with Crippen molar-refractivity contribution < 1.29 is 22.8 Å². The molecule has 3 rings (SSSR count). The fraction of sp³-hybridized carbons (Fsp3) is 0.391. The molecule has 8 heteroatoms. The number of carbonyl (C=O) groups excluding carboxylic acids is 2. The first-order valence-corrected chi connectivity index (χ1v) is 10.3. The Kier molecular flexibility index (Phi) is 7.20. The number of nitrogens with one attached hydrogen (secondary N) is 1. The van der Waals surface area contributed by atoms with Crippen LogP contribution >= 0.6 is 0 Å². The van der Waals surface area contributed by atoms with E-state index in [1.807, 2.05) is 0 Å². The van der Waals surface area contributed by atoms with E-state index in [4.69, 9.17) is 0 Å².